The average Bonchev–Trinajstić information content (AvgIpc) is 3.07. The summed E-state index contributed by atoms with van der Waals surface area (Å²) in [6.07, 6.45) is 9.30. The topological polar surface area (TPSA) is 61.4 Å². The lowest BCUT2D eigenvalue weighted by Gasteiger charge is -2.53. The van der Waals surface area contributed by atoms with Gasteiger partial charge in [-0.25, -0.2) is 4.79 Å². The van der Waals surface area contributed by atoms with Crippen LogP contribution in [0.2, 0.25) is 0 Å². The summed E-state index contributed by atoms with van der Waals surface area (Å²) in [6, 6.07) is 7.99. The van der Waals surface area contributed by atoms with E-state index >= 15 is 0 Å². The summed E-state index contributed by atoms with van der Waals surface area (Å²) in [5.74, 6) is 1.32. The van der Waals surface area contributed by atoms with Gasteiger partial charge >= 0.3 is 6.03 Å². The van der Waals surface area contributed by atoms with Gasteiger partial charge in [0.05, 0.1) is 0 Å². The molecule has 3 amide bonds. The predicted octanol–water partition coefficient (Wildman–Crippen LogP) is 4.86. The smallest absolute Gasteiger partial charge is 0.319 e. The number of rotatable bonds is 4. The molecular weight excluding hydrogens is 362 g/mol. The van der Waals surface area contributed by atoms with Gasteiger partial charge in [-0.15, -0.1) is 0 Å². The first-order valence-corrected chi connectivity index (χ1v) is 11.5. The maximum Gasteiger partial charge on any atom is 0.319 e. The van der Waals surface area contributed by atoms with Crippen LogP contribution in [0.1, 0.15) is 70.3 Å². The fourth-order valence-corrected chi connectivity index (χ4v) is 6.38. The molecule has 2 aliphatic heterocycles. The average molecular weight is 398 g/mol. The summed E-state index contributed by atoms with van der Waals surface area (Å²) >= 11 is 0. The molecule has 3 aliphatic rings. The van der Waals surface area contributed by atoms with E-state index in [9.17, 15) is 9.59 Å². The van der Waals surface area contributed by atoms with Crippen LogP contribution in [0.25, 0.3) is 0 Å². The molecule has 1 saturated carbocycles. The molecule has 1 aromatic carbocycles. The molecule has 0 aromatic heterocycles. The molecule has 0 radical (unpaired) electrons. The van der Waals surface area contributed by atoms with Crippen LogP contribution >= 0.6 is 0 Å². The van der Waals surface area contributed by atoms with Gasteiger partial charge in [-0.05, 0) is 75.8 Å². The molecule has 2 N–H and O–H groups in total. The number of nitrogens with zero attached hydrogens (tertiary/aromatic N) is 1. The molecule has 5 nitrogen and oxygen atoms in total. The Bertz CT molecular complexity index is 747. The van der Waals surface area contributed by atoms with E-state index in [1.54, 1.807) is 0 Å². The Morgan fingerprint density at radius 1 is 1.17 bits per heavy atom. The molecule has 5 heteroatoms. The zero-order chi connectivity index (χ0) is 20.4. The number of carbonyl (C=O) groups excluding carboxylic acids is 2. The molecule has 2 heterocycles. The van der Waals surface area contributed by atoms with Crippen LogP contribution < -0.4 is 10.6 Å². The first kappa shape index (κ1) is 20.2. The van der Waals surface area contributed by atoms with Gasteiger partial charge in [0.15, 0.2) is 0 Å². The van der Waals surface area contributed by atoms with E-state index in [1.807, 2.05) is 31.2 Å². The van der Waals surface area contributed by atoms with E-state index in [4.69, 9.17) is 0 Å². The van der Waals surface area contributed by atoms with E-state index < -0.39 is 0 Å². The highest BCUT2D eigenvalue weighted by molar-refractivity contribution is 5.89. The van der Waals surface area contributed by atoms with Gasteiger partial charge < -0.3 is 15.5 Å². The lowest BCUT2D eigenvalue weighted by atomic mass is 9.61. The van der Waals surface area contributed by atoms with Crippen molar-refractivity contribution in [3.63, 3.8) is 0 Å². The SMILES string of the molecule is CCC[C@H]1[C@@H](NC(=O)Nc2ccc(C)cc2)CC[C@@]23CCCN2C(=O)CCC[C@@H]13. The third-order valence-electron chi connectivity index (χ3n) is 7.60. The Morgan fingerprint density at radius 3 is 2.72 bits per heavy atom. The van der Waals surface area contributed by atoms with Crippen molar-refractivity contribution in [2.45, 2.75) is 83.2 Å². The van der Waals surface area contributed by atoms with Crippen LogP contribution in [-0.4, -0.2) is 35.0 Å². The molecule has 1 aromatic rings. The number of urea groups is 1. The fourth-order valence-electron chi connectivity index (χ4n) is 6.38. The number of carbonyl (C=O) groups is 2. The molecule has 4 rings (SSSR count). The van der Waals surface area contributed by atoms with Crippen molar-refractivity contribution in [2.75, 3.05) is 11.9 Å². The molecule has 2 saturated heterocycles. The first-order chi connectivity index (χ1) is 14.0. The summed E-state index contributed by atoms with van der Waals surface area (Å²) in [5, 5.41) is 6.31. The zero-order valence-corrected chi connectivity index (χ0v) is 17.9. The lowest BCUT2D eigenvalue weighted by molar-refractivity contribution is -0.138. The van der Waals surface area contributed by atoms with E-state index in [2.05, 4.69) is 22.5 Å². The minimum atomic E-state index is -0.108. The normalized spacial score (nSPS) is 31.6. The number of hydrogen-bond donors (Lipinski definition) is 2. The molecule has 3 fully saturated rings. The number of aryl methyl sites for hydroxylation is 1. The first-order valence-electron chi connectivity index (χ1n) is 11.5. The van der Waals surface area contributed by atoms with Gasteiger partial charge in [0, 0.05) is 30.2 Å². The summed E-state index contributed by atoms with van der Waals surface area (Å²) < 4.78 is 0. The highest BCUT2D eigenvalue weighted by Gasteiger charge is 2.55. The Hall–Kier alpha value is -2.04. The van der Waals surface area contributed by atoms with E-state index in [-0.39, 0.29) is 17.6 Å². The quantitative estimate of drug-likeness (QED) is 0.762. The molecular formula is C24H35N3O2. The molecule has 1 spiro atoms. The monoisotopic (exact) mass is 397 g/mol. The lowest BCUT2D eigenvalue weighted by Crippen LogP contribution is -2.60. The number of anilines is 1. The van der Waals surface area contributed by atoms with E-state index in [0.717, 1.165) is 63.6 Å². The Morgan fingerprint density at radius 2 is 1.97 bits per heavy atom. The zero-order valence-electron chi connectivity index (χ0n) is 17.9. The molecule has 1 aliphatic carbocycles. The van der Waals surface area contributed by atoms with Gasteiger partial charge in [-0.2, -0.15) is 0 Å². The highest BCUT2D eigenvalue weighted by Crippen LogP contribution is 2.52. The summed E-state index contributed by atoms with van der Waals surface area (Å²) in [5.41, 5.74) is 2.06. The van der Waals surface area contributed by atoms with Crippen LogP contribution in [0.5, 0.6) is 0 Å². The van der Waals surface area contributed by atoms with Crippen LogP contribution in [0.15, 0.2) is 24.3 Å². The second-order valence-electron chi connectivity index (χ2n) is 9.31. The van der Waals surface area contributed by atoms with Gasteiger partial charge in [0.2, 0.25) is 5.91 Å². The molecule has 0 unspecified atom stereocenters. The third kappa shape index (κ3) is 3.88. The van der Waals surface area contributed by atoms with Crippen molar-refractivity contribution in [1.82, 2.24) is 10.2 Å². The van der Waals surface area contributed by atoms with Crippen molar-refractivity contribution < 1.29 is 9.59 Å². The van der Waals surface area contributed by atoms with E-state index in [0.29, 0.717) is 24.2 Å². The number of hydrogen-bond acceptors (Lipinski definition) is 2. The van der Waals surface area contributed by atoms with Crippen molar-refractivity contribution in [3.8, 4) is 0 Å². The van der Waals surface area contributed by atoms with Crippen LogP contribution in [0.3, 0.4) is 0 Å². The van der Waals surface area contributed by atoms with Crippen molar-refractivity contribution in [1.29, 1.82) is 0 Å². The standard InChI is InChI=1S/C24H35N3O2/c1-3-6-19-20-7-4-8-22(28)27-16-5-14-24(20,27)15-13-21(19)26-23(29)25-18-11-9-17(2)10-12-18/h9-12,19-21H,3-8,13-16H2,1-2H3,(H2,25,26,29)/t19-,20+,21+,24-/m1/s1. The minimum Gasteiger partial charge on any atom is -0.337 e. The van der Waals surface area contributed by atoms with Gasteiger partial charge in [-0.1, -0.05) is 31.0 Å². The Kier molecular flexibility index (Phi) is 5.84. The summed E-state index contributed by atoms with van der Waals surface area (Å²) in [4.78, 5) is 27.7. The third-order valence-corrected chi connectivity index (χ3v) is 7.60. The van der Waals surface area contributed by atoms with Crippen molar-refractivity contribution >= 4 is 17.6 Å². The second-order valence-corrected chi connectivity index (χ2v) is 9.31. The minimum absolute atomic E-state index is 0.0546. The van der Waals surface area contributed by atoms with Gasteiger partial charge in [-0.3, -0.25) is 4.79 Å². The van der Waals surface area contributed by atoms with Crippen molar-refractivity contribution in [2.24, 2.45) is 11.8 Å². The predicted molar refractivity (Wildman–Crippen MR) is 116 cm³/mol. The summed E-state index contributed by atoms with van der Waals surface area (Å²) in [7, 11) is 0. The van der Waals surface area contributed by atoms with Crippen LogP contribution in [0, 0.1) is 18.8 Å². The molecule has 158 valence electrons. The molecule has 0 bridgehead atoms. The number of nitrogens with one attached hydrogen (secondary N) is 2. The highest BCUT2D eigenvalue weighted by atomic mass is 16.2. The Balaban J connectivity index is 1.50. The maximum absolute atomic E-state index is 12.7. The Labute approximate surface area is 174 Å². The molecule has 29 heavy (non-hydrogen) atoms. The van der Waals surface area contributed by atoms with Gasteiger partial charge in [0.25, 0.3) is 0 Å². The number of benzene rings is 1. The fraction of sp³-hybridized carbons (Fsp3) is 0.667. The largest absolute Gasteiger partial charge is 0.337 e. The number of amides is 3. The summed E-state index contributed by atoms with van der Waals surface area (Å²) in [6.45, 7) is 5.21. The maximum atomic E-state index is 12.7. The molecule has 4 atom stereocenters. The van der Waals surface area contributed by atoms with E-state index in [1.165, 1.54) is 5.56 Å². The van der Waals surface area contributed by atoms with Gasteiger partial charge in [0.1, 0.15) is 0 Å². The second kappa shape index (κ2) is 8.37. The van der Waals surface area contributed by atoms with Crippen molar-refractivity contribution in [3.05, 3.63) is 29.8 Å². The van der Waals surface area contributed by atoms with Crippen LogP contribution in [0.4, 0.5) is 10.5 Å². The van der Waals surface area contributed by atoms with Crippen LogP contribution in [-0.2, 0) is 4.79 Å².